The van der Waals surface area contributed by atoms with Gasteiger partial charge in [0.2, 0.25) is 0 Å². The molecule has 0 saturated carbocycles. The summed E-state index contributed by atoms with van der Waals surface area (Å²) in [6, 6.07) is 6.22. The van der Waals surface area contributed by atoms with Gasteiger partial charge in [0, 0.05) is 22.7 Å². The summed E-state index contributed by atoms with van der Waals surface area (Å²) in [5.74, 6) is 0. The Hall–Kier alpha value is -0.250. The number of rotatable bonds is 7. The zero-order valence-corrected chi connectivity index (χ0v) is 12.5. The van der Waals surface area contributed by atoms with Crippen LogP contribution in [0.3, 0.4) is 0 Å². The monoisotopic (exact) mass is 318 g/mol. The Morgan fingerprint density at radius 1 is 1.41 bits per heavy atom. The van der Waals surface area contributed by atoms with E-state index in [4.69, 9.17) is 17.3 Å². The third-order valence-corrected chi connectivity index (χ3v) is 3.96. The van der Waals surface area contributed by atoms with Gasteiger partial charge >= 0.3 is 0 Å². The average molecular weight is 320 g/mol. The van der Waals surface area contributed by atoms with E-state index in [1.165, 1.54) is 19.3 Å². The summed E-state index contributed by atoms with van der Waals surface area (Å²) in [4.78, 5) is 0. The highest BCUT2D eigenvalue weighted by molar-refractivity contribution is 9.10. The van der Waals surface area contributed by atoms with Gasteiger partial charge in [0.15, 0.2) is 0 Å². The lowest BCUT2D eigenvalue weighted by molar-refractivity contribution is 0.591. The number of halogens is 2. The Kier molecular flexibility index (Phi) is 6.93. The fraction of sp³-hybridized carbons (Fsp3) is 0.538. The van der Waals surface area contributed by atoms with Crippen molar-refractivity contribution in [2.45, 2.75) is 38.6 Å². The molecule has 0 fully saturated rings. The van der Waals surface area contributed by atoms with Gasteiger partial charge in [-0.1, -0.05) is 37.8 Å². The van der Waals surface area contributed by atoms with E-state index in [-0.39, 0.29) is 0 Å². The summed E-state index contributed by atoms with van der Waals surface area (Å²) in [5.41, 5.74) is 6.80. The normalized spacial score (nSPS) is 12.5. The van der Waals surface area contributed by atoms with Gasteiger partial charge in [-0.25, -0.2) is 0 Å². The Morgan fingerprint density at radius 3 is 2.76 bits per heavy atom. The predicted octanol–water partition coefficient (Wildman–Crippen LogP) is 4.42. The molecule has 0 aliphatic heterocycles. The third-order valence-electron chi connectivity index (χ3n) is 2.73. The van der Waals surface area contributed by atoms with Crippen molar-refractivity contribution >= 4 is 33.2 Å². The SMILES string of the molecule is CCCCCC(CN)Nc1ccc(Br)c(Cl)c1. The maximum atomic E-state index is 6.05. The van der Waals surface area contributed by atoms with Gasteiger partial charge in [0.05, 0.1) is 5.02 Å². The molecule has 1 unspecified atom stereocenters. The number of hydrogen-bond acceptors (Lipinski definition) is 2. The van der Waals surface area contributed by atoms with Crippen molar-refractivity contribution in [1.82, 2.24) is 0 Å². The van der Waals surface area contributed by atoms with Crippen molar-refractivity contribution < 1.29 is 0 Å². The van der Waals surface area contributed by atoms with Gasteiger partial charge in [-0.15, -0.1) is 0 Å². The summed E-state index contributed by atoms with van der Waals surface area (Å²) in [6.07, 6.45) is 4.83. The molecule has 3 N–H and O–H groups in total. The van der Waals surface area contributed by atoms with Crippen LogP contribution in [0.5, 0.6) is 0 Å². The molecule has 0 heterocycles. The number of benzene rings is 1. The lowest BCUT2D eigenvalue weighted by Gasteiger charge is -2.18. The van der Waals surface area contributed by atoms with Gasteiger partial charge in [-0.2, -0.15) is 0 Å². The van der Waals surface area contributed by atoms with Crippen LogP contribution in [0.2, 0.25) is 5.02 Å². The second-order valence-corrected chi connectivity index (χ2v) is 5.46. The molecule has 0 aliphatic rings. The van der Waals surface area contributed by atoms with Crippen molar-refractivity contribution in [3.8, 4) is 0 Å². The van der Waals surface area contributed by atoms with E-state index >= 15 is 0 Å². The zero-order valence-electron chi connectivity index (χ0n) is 10.2. The molecule has 17 heavy (non-hydrogen) atoms. The van der Waals surface area contributed by atoms with E-state index in [1.54, 1.807) is 0 Å². The van der Waals surface area contributed by atoms with E-state index < -0.39 is 0 Å². The molecule has 1 atom stereocenters. The Bertz CT molecular complexity index is 344. The minimum Gasteiger partial charge on any atom is -0.381 e. The first-order valence-electron chi connectivity index (χ1n) is 6.09. The molecule has 0 aliphatic carbocycles. The van der Waals surface area contributed by atoms with Gasteiger partial charge in [0.1, 0.15) is 0 Å². The molecule has 0 spiro atoms. The standard InChI is InChI=1S/C13H20BrClN2/c1-2-3-4-5-11(9-16)17-10-6-7-12(14)13(15)8-10/h6-8,11,17H,2-5,9,16H2,1H3. The van der Waals surface area contributed by atoms with Crippen LogP contribution >= 0.6 is 27.5 Å². The molecule has 0 amide bonds. The molecule has 1 rings (SSSR count). The van der Waals surface area contributed by atoms with Crippen LogP contribution in [0.25, 0.3) is 0 Å². The van der Waals surface area contributed by atoms with Crippen molar-refractivity contribution in [2.75, 3.05) is 11.9 Å². The first-order chi connectivity index (χ1) is 8.17. The molecule has 0 aromatic heterocycles. The zero-order chi connectivity index (χ0) is 12.7. The molecule has 1 aromatic carbocycles. The highest BCUT2D eigenvalue weighted by atomic mass is 79.9. The van der Waals surface area contributed by atoms with Gasteiger partial charge in [-0.05, 0) is 40.5 Å². The number of anilines is 1. The number of nitrogens with two attached hydrogens (primary N) is 1. The largest absolute Gasteiger partial charge is 0.381 e. The quantitative estimate of drug-likeness (QED) is 0.730. The van der Waals surface area contributed by atoms with Crippen LogP contribution in [0.15, 0.2) is 22.7 Å². The molecule has 4 heteroatoms. The molecule has 0 radical (unpaired) electrons. The highest BCUT2D eigenvalue weighted by Crippen LogP contribution is 2.26. The summed E-state index contributed by atoms with van der Waals surface area (Å²) < 4.78 is 0.917. The van der Waals surface area contributed by atoms with Gasteiger partial charge < -0.3 is 11.1 Å². The first kappa shape index (κ1) is 14.8. The molecule has 2 nitrogen and oxygen atoms in total. The minimum absolute atomic E-state index is 0.332. The maximum Gasteiger partial charge on any atom is 0.0568 e. The van der Waals surface area contributed by atoms with E-state index in [1.807, 2.05) is 18.2 Å². The van der Waals surface area contributed by atoms with Crippen molar-refractivity contribution in [1.29, 1.82) is 0 Å². The number of nitrogens with one attached hydrogen (secondary N) is 1. The molecular formula is C13H20BrClN2. The highest BCUT2D eigenvalue weighted by Gasteiger charge is 2.07. The molecular weight excluding hydrogens is 300 g/mol. The second kappa shape index (κ2) is 7.96. The summed E-state index contributed by atoms with van der Waals surface area (Å²) in [6.45, 7) is 2.86. The van der Waals surface area contributed by atoms with Crippen LogP contribution in [-0.4, -0.2) is 12.6 Å². The Morgan fingerprint density at radius 2 is 2.18 bits per heavy atom. The van der Waals surface area contributed by atoms with Crippen molar-refractivity contribution in [3.63, 3.8) is 0 Å². The molecule has 1 aromatic rings. The van der Waals surface area contributed by atoms with E-state index in [2.05, 4.69) is 28.2 Å². The summed E-state index contributed by atoms with van der Waals surface area (Å²) in [5, 5.41) is 4.15. The Labute approximate surface area is 117 Å². The summed E-state index contributed by atoms with van der Waals surface area (Å²) >= 11 is 9.43. The van der Waals surface area contributed by atoms with E-state index in [0.717, 1.165) is 21.6 Å². The molecule has 0 bridgehead atoms. The van der Waals surface area contributed by atoms with Crippen LogP contribution in [-0.2, 0) is 0 Å². The lowest BCUT2D eigenvalue weighted by Crippen LogP contribution is -2.28. The number of unbranched alkanes of at least 4 members (excludes halogenated alkanes) is 2. The molecule has 96 valence electrons. The first-order valence-corrected chi connectivity index (χ1v) is 7.26. The topological polar surface area (TPSA) is 38.0 Å². The van der Waals surface area contributed by atoms with E-state index in [0.29, 0.717) is 12.6 Å². The minimum atomic E-state index is 0.332. The van der Waals surface area contributed by atoms with E-state index in [9.17, 15) is 0 Å². The fourth-order valence-corrected chi connectivity index (χ4v) is 2.14. The van der Waals surface area contributed by atoms with Crippen LogP contribution in [0.4, 0.5) is 5.69 Å². The van der Waals surface area contributed by atoms with Gasteiger partial charge in [-0.3, -0.25) is 0 Å². The van der Waals surface area contributed by atoms with Crippen LogP contribution < -0.4 is 11.1 Å². The smallest absolute Gasteiger partial charge is 0.0568 e. The predicted molar refractivity (Wildman–Crippen MR) is 79.8 cm³/mol. The van der Waals surface area contributed by atoms with Crippen molar-refractivity contribution in [2.24, 2.45) is 5.73 Å². The summed E-state index contributed by atoms with van der Waals surface area (Å²) in [7, 11) is 0. The van der Waals surface area contributed by atoms with Crippen molar-refractivity contribution in [3.05, 3.63) is 27.7 Å². The lowest BCUT2D eigenvalue weighted by atomic mass is 10.1. The second-order valence-electron chi connectivity index (χ2n) is 4.20. The van der Waals surface area contributed by atoms with Crippen LogP contribution in [0, 0.1) is 0 Å². The molecule has 0 saturated heterocycles. The fourth-order valence-electron chi connectivity index (χ4n) is 1.71. The Balaban J connectivity index is 2.51. The number of hydrogen-bond donors (Lipinski definition) is 2. The van der Waals surface area contributed by atoms with Gasteiger partial charge in [0.25, 0.3) is 0 Å². The van der Waals surface area contributed by atoms with Crippen LogP contribution in [0.1, 0.15) is 32.6 Å². The average Bonchev–Trinajstić information content (AvgIpc) is 2.32. The maximum absolute atomic E-state index is 6.05. The third kappa shape index (κ3) is 5.28.